The Morgan fingerprint density at radius 3 is 2.83 bits per heavy atom. The fourth-order valence-corrected chi connectivity index (χ4v) is 3.94. The molecule has 1 atom stereocenters. The van der Waals surface area contributed by atoms with Crippen LogP contribution in [0.25, 0.3) is 11.5 Å². The number of rotatable bonds is 4. The van der Waals surface area contributed by atoms with E-state index in [2.05, 4.69) is 14.9 Å². The second-order valence-corrected chi connectivity index (χ2v) is 7.68. The van der Waals surface area contributed by atoms with Crippen molar-refractivity contribution in [2.75, 3.05) is 13.1 Å². The molecule has 29 heavy (non-hydrogen) atoms. The highest BCUT2D eigenvalue weighted by molar-refractivity contribution is 5.53. The molecule has 0 N–H and O–H groups in total. The van der Waals surface area contributed by atoms with Crippen LogP contribution in [0.2, 0.25) is 0 Å². The Kier molecular flexibility index (Phi) is 3.91. The molecule has 0 radical (unpaired) electrons. The van der Waals surface area contributed by atoms with E-state index in [0.29, 0.717) is 25.5 Å². The summed E-state index contributed by atoms with van der Waals surface area (Å²) in [5.41, 5.74) is 1.08. The first-order chi connectivity index (χ1) is 13.9. The van der Waals surface area contributed by atoms with Gasteiger partial charge in [0.25, 0.3) is 0 Å². The number of hydrogen-bond donors (Lipinski definition) is 0. The van der Waals surface area contributed by atoms with Crippen LogP contribution in [0.15, 0.2) is 34.9 Å². The highest BCUT2D eigenvalue weighted by Crippen LogP contribution is 2.33. The molecule has 2 aromatic heterocycles. The van der Waals surface area contributed by atoms with Crippen LogP contribution in [0.1, 0.15) is 18.4 Å². The summed E-state index contributed by atoms with van der Waals surface area (Å²) in [6, 6.07) is 6.35. The molecule has 4 heterocycles. The Hall–Kier alpha value is -3.27. The summed E-state index contributed by atoms with van der Waals surface area (Å²) in [7, 11) is 0. The quantitative estimate of drug-likeness (QED) is 0.491. The van der Waals surface area contributed by atoms with Gasteiger partial charge >= 0.3 is 11.8 Å². The molecule has 0 unspecified atom stereocenters. The first-order valence-electron chi connectivity index (χ1n) is 9.26. The van der Waals surface area contributed by atoms with Gasteiger partial charge in [-0.05, 0) is 36.1 Å². The summed E-state index contributed by atoms with van der Waals surface area (Å²) < 4.78 is 26.6. The lowest BCUT2D eigenvalue weighted by Crippen LogP contribution is -2.46. The molecule has 5 rings (SSSR count). The second kappa shape index (κ2) is 6.38. The zero-order valence-electron chi connectivity index (χ0n) is 15.7. The average Bonchev–Trinajstić information content (AvgIpc) is 3.33. The van der Waals surface area contributed by atoms with Gasteiger partial charge in [-0.2, -0.15) is 0 Å². The largest absolute Gasteiger partial charge is 0.441 e. The van der Waals surface area contributed by atoms with E-state index in [-0.39, 0.29) is 17.6 Å². The summed E-state index contributed by atoms with van der Waals surface area (Å²) in [4.78, 5) is 21.1. The van der Waals surface area contributed by atoms with Crippen molar-refractivity contribution in [2.45, 2.75) is 32.0 Å². The Labute approximate surface area is 164 Å². The van der Waals surface area contributed by atoms with Gasteiger partial charge in [0.15, 0.2) is 0 Å². The van der Waals surface area contributed by atoms with E-state index in [0.717, 1.165) is 30.0 Å². The van der Waals surface area contributed by atoms with Crippen molar-refractivity contribution in [3.05, 3.63) is 57.8 Å². The minimum Gasteiger partial charge on any atom is -0.441 e. The molecular weight excluding hydrogens is 381 g/mol. The van der Waals surface area contributed by atoms with Crippen LogP contribution in [-0.2, 0) is 19.5 Å². The van der Waals surface area contributed by atoms with Crippen LogP contribution >= 0.6 is 0 Å². The molecule has 0 spiro atoms. The summed E-state index contributed by atoms with van der Waals surface area (Å²) in [6.45, 7) is 4.48. The number of nitrogens with zero attached hydrogens (tertiary/aromatic N) is 5. The van der Waals surface area contributed by atoms with Gasteiger partial charge in [-0.15, -0.1) is 0 Å². The SMILES string of the molecule is C[C@]1(CN2CCc3oc(-c4ccc(F)cc4)nc3C2)Cn2cc([N+](=O)[O-])nc2O1. The second-order valence-electron chi connectivity index (χ2n) is 7.68. The number of hydrogen-bond acceptors (Lipinski definition) is 7. The monoisotopic (exact) mass is 399 g/mol. The number of fused-ring (bicyclic) bond motifs is 2. The lowest BCUT2D eigenvalue weighted by Gasteiger charge is -2.32. The number of oxazole rings is 1. The number of benzene rings is 1. The molecular formula is C19H18FN5O4. The first kappa shape index (κ1) is 17.8. The van der Waals surface area contributed by atoms with Gasteiger partial charge in [0.1, 0.15) is 23.4 Å². The summed E-state index contributed by atoms with van der Waals surface area (Å²) in [5, 5.41) is 10.9. The van der Waals surface area contributed by atoms with Gasteiger partial charge in [0, 0.05) is 36.6 Å². The van der Waals surface area contributed by atoms with Gasteiger partial charge in [0.05, 0.1) is 12.2 Å². The molecule has 3 aromatic rings. The Balaban J connectivity index is 1.28. The van der Waals surface area contributed by atoms with E-state index < -0.39 is 10.5 Å². The van der Waals surface area contributed by atoms with Crippen LogP contribution in [0.5, 0.6) is 6.01 Å². The van der Waals surface area contributed by atoms with Crippen molar-refractivity contribution in [1.82, 2.24) is 19.4 Å². The zero-order chi connectivity index (χ0) is 20.2. The highest BCUT2D eigenvalue weighted by Gasteiger charge is 2.42. The van der Waals surface area contributed by atoms with E-state index in [9.17, 15) is 14.5 Å². The third-order valence-electron chi connectivity index (χ3n) is 5.21. The van der Waals surface area contributed by atoms with E-state index in [1.165, 1.54) is 18.3 Å². The number of aromatic nitrogens is 3. The molecule has 0 amide bonds. The molecule has 0 saturated carbocycles. The van der Waals surface area contributed by atoms with Crippen molar-refractivity contribution in [2.24, 2.45) is 0 Å². The normalized spacial score (nSPS) is 20.9. The molecule has 150 valence electrons. The van der Waals surface area contributed by atoms with Gasteiger partial charge in [-0.25, -0.2) is 9.37 Å². The van der Waals surface area contributed by atoms with Crippen molar-refractivity contribution in [3.8, 4) is 17.5 Å². The summed E-state index contributed by atoms with van der Waals surface area (Å²) >= 11 is 0. The third-order valence-corrected chi connectivity index (χ3v) is 5.21. The Morgan fingerprint density at radius 2 is 2.10 bits per heavy atom. The topological polar surface area (TPSA) is 99.5 Å². The molecule has 0 fully saturated rings. The standard InChI is InChI=1S/C19H18FN5O4/c1-19(11-24-9-16(25(26)27)22-18(24)29-19)10-23-7-6-15-14(8-23)21-17(28-15)12-2-4-13(20)5-3-12/h2-5,9H,6-8,10-11H2,1H3/t19-/m0/s1. The third kappa shape index (κ3) is 3.25. The van der Waals surface area contributed by atoms with Gasteiger partial charge in [0.2, 0.25) is 5.89 Å². The van der Waals surface area contributed by atoms with Gasteiger partial charge in [-0.3, -0.25) is 9.47 Å². The van der Waals surface area contributed by atoms with Gasteiger partial charge < -0.3 is 19.3 Å². The predicted molar refractivity (Wildman–Crippen MR) is 98.8 cm³/mol. The molecule has 0 bridgehead atoms. The highest BCUT2D eigenvalue weighted by atomic mass is 19.1. The Bertz CT molecular complexity index is 1070. The van der Waals surface area contributed by atoms with Crippen LogP contribution in [0.3, 0.4) is 0 Å². The maximum absolute atomic E-state index is 13.1. The summed E-state index contributed by atoms with van der Waals surface area (Å²) in [6.07, 6.45) is 2.12. The lowest BCUT2D eigenvalue weighted by molar-refractivity contribution is -0.389. The van der Waals surface area contributed by atoms with Crippen LogP contribution in [0.4, 0.5) is 10.2 Å². The predicted octanol–water partition coefficient (Wildman–Crippen LogP) is 2.79. The van der Waals surface area contributed by atoms with Crippen LogP contribution in [0, 0.1) is 15.9 Å². The van der Waals surface area contributed by atoms with Crippen LogP contribution < -0.4 is 4.74 Å². The molecule has 0 aliphatic carbocycles. The maximum Gasteiger partial charge on any atom is 0.415 e. The molecule has 0 saturated heterocycles. The molecule has 2 aliphatic rings. The lowest BCUT2D eigenvalue weighted by atomic mass is 10.0. The average molecular weight is 399 g/mol. The van der Waals surface area contributed by atoms with Crippen molar-refractivity contribution in [1.29, 1.82) is 0 Å². The van der Waals surface area contributed by atoms with Crippen LogP contribution in [-0.4, -0.2) is 43.0 Å². The minimum atomic E-state index is -0.529. The smallest absolute Gasteiger partial charge is 0.415 e. The van der Waals surface area contributed by atoms with Gasteiger partial charge in [-0.1, -0.05) is 0 Å². The minimum absolute atomic E-state index is 0.208. The van der Waals surface area contributed by atoms with E-state index in [1.54, 1.807) is 16.7 Å². The van der Waals surface area contributed by atoms with E-state index in [4.69, 9.17) is 9.15 Å². The number of nitro groups is 1. The Morgan fingerprint density at radius 1 is 1.31 bits per heavy atom. The fraction of sp³-hybridized carbons (Fsp3) is 0.368. The van der Waals surface area contributed by atoms with Crippen molar-refractivity contribution in [3.63, 3.8) is 0 Å². The van der Waals surface area contributed by atoms with Crippen molar-refractivity contribution < 1.29 is 18.5 Å². The number of imidazole rings is 1. The number of halogens is 1. The van der Waals surface area contributed by atoms with E-state index in [1.807, 2.05) is 6.92 Å². The fourth-order valence-electron chi connectivity index (χ4n) is 3.94. The van der Waals surface area contributed by atoms with E-state index >= 15 is 0 Å². The summed E-state index contributed by atoms with van der Waals surface area (Å²) in [5.74, 6) is 0.834. The van der Waals surface area contributed by atoms with Crippen molar-refractivity contribution >= 4 is 5.82 Å². The number of ether oxygens (including phenoxy) is 1. The maximum atomic E-state index is 13.1. The molecule has 9 nitrogen and oxygen atoms in total. The zero-order valence-corrected chi connectivity index (χ0v) is 15.7. The molecule has 1 aromatic carbocycles. The first-order valence-corrected chi connectivity index (χ1v) is 9.26. The molecule has 2 aliphatic heterocycles. The molecule has 10 heteroatoms.